The van der Waals surface area contributed by atoms with Gasteiger partial charge in [-0.3, -0.25) is 0 Å². The summed E-state index contributed by atoms with van der Waals surface area (Å²) in [5.74, 6) is 0.573. The second-order valence-corrected chi connectivity index (χ2v) is 6.97. The van der Waals surface area contributed by atoms with E-state index >= 15 is 0 Å². The van der Waals surface area contributed by atoms with Crippen LogP contribution in [-0.2, 0) is 0 Å². The second kappa shape index (κ2) is 3.19. The third-order valence-electron chi connectivity index (χ3n) is 2.05. The van der Waals surface area contributed by atoms with Crippen molar-refractivity contribution in [3.8, 4) is 0 Å². The van der Waals surface area contributed by atoms with E-state index in [1.54, 1.807) is 0 Å². The van der Waals surface area contributed by atoms with E-state index in [1.807, 2.05) is 21.6 Å². The molecule has 0 aromatic heterocycles. The molecule has 1 aliphatic rings. The molecule has 0 amide bonds. The SMILES string of the molecule is CC(C)C1SSC(C)(C)C1O. The molecule has 0 aliphatic carbocycles. The summed E-state index contributed by atoms with van der Waals surface area (Å²) < 4.78 is 0.0413. The summed E-state index contributed by atoms with van der Waals surface area (Å²) in [6, 6.07) is 0. The van der Waals surface area contributed by atoms with Gasteiger partial charge in [-0.15, -0.1) is 0 Å². The van der Waals surface area contributed by atoms with Crippen LogP contribution < -0.4 is 0 Å². The Balaban J connectivity index is 2.63. The van der Waals surface area contributed by atoms with Crippen LogP contribution in [-0.4, -0.2) is 21.2 Å². The smallest absolute Gasteiger partial charge is 0.0819 e. The van der Waals surface area contributed by atoms with E-state index in [9.17, 15) is 5.11 Å². The maximum atomic E-state index is 9.85. The predicted octanol–water partition coefficient (Wildman–Crippen LogP) is 2.55. The first kappa shape index (κ1) is 9.75. The molecule has 2 unspecified atom stereocenters. The lowest BCUT2D eigenvalue weighted by atomic mass is 9.96. The Morgan fingerprint density at radius 1 is 1.36 bits per heavy atom. The Bertz CT molecular complexity index is 145. The van der Waals surface area contributed by atoms with Gasteiger partial charge in [0.15, 0.2) is 0 Å². The first-order chi connectivity index (χ1) is 4.95. The Morgan fingerprint density at radius 3 is 2.09 bits per heavy atom. The van der Waals surface area contributed by atoms with Gasteiger partial charge >= 0.3 is 0 Å². The van der Waals surface area contributed by atoms with Crippen LogP contribution in [0.15, 0.2) is 0 Å². The highest BCUT2D eigenvalue weighted by Crippen LogP contribution is 2.52. The maximum Gasteiger partial charge on any atom is 0.0819 e. The molecule has 2 atom stereocenters. The van der Waals surface area contributed by atoms with Crippen molar-refractivity contribution in [3.05, 3.63) is 0 Å². The predicted molar refractivity (Wildman–Crippen MR) is 53.9 cm³/mol. The zero-order chi connectivity index (χ0) is 8.65. The van der Waals surface area contributed by atoms with Crippen molar-refractivity contribution in [2.24, 2.45) is 5.92 Å². The van der Waals surface area contributed by atoms with E-state index in [-0.39, 0.29) is 10.9 Å². The second-order valence-electron chi connectivity index (χ2n) is 3.94. The number of hydrogen-bond acceptors (Lipinski definition) is 3. The lowest BCUT2D eigenvalue weighted by Gasteiger charge is -2.24. The molecule has 0 aromatic carbocycles. The molecule has 1 aliphatic heterocycles. The highest BCUT2D eigenvalue weighted by Gasteiger charge is 2.43. The minimum Gasteiger partial charge on any atom is -0.390 e. The fourth-order valence-electron chi connectivity index (χ4n) is 1.15. The van der Waals surface area contributed by atoms with Crippen LogP contribution in [0.4, 0.5) is 0 Å². The van der Waals surface area contributed by atoms with Gasteiger partial charge in [0.05, 0.1) is 6.10 Å². The van der Waals surface area contributed by atoms with Crippen molar-refractivity contribution in [1.82, 2.24) is 0 Å². The van der Waals surface area contributed by atoms with Crippen LogP contribution in [0, 0.1) is 5.92 Å². The van der Waals surface area contributed by atoms with Crippen LogP contribution in [0.1, 0.15) is 27.7 Å². The van der Waals surface area contributed by atoms with E-state index in [0.717, 1.165) is 0 Å². The first-order valence-electron chi connectivity index (χ1n) is 3.97. The highest BCUT2D eigenvalue weighted by molar-refractivity contribution is 8.77. The quantitative estimate of drug-likeness (QED) is 0.645. The topological polar surface area (TPSA) is 20.2 Å². The molecule has 0 bridgehead atoms. The van der Waals surface area contributed by atoms with Gasteiger partial charge in [-0.1, -0.05) is 35.4 Å². The molecule has 3 heteroatoms. The van der Waals surface area contributed by atoms with Crippen molar-refractivity contribution in [2.45, 2.75) is 43.8 Å². The zero-order valence-corrected chi connectivity index (χ0v) is 9.13. The molecular formula is C8H16OS2. The molecular weight excluding hydrogens is 176 g/mol. The third kappa shape index (κ3) is 1.87. The van der Waals surface area contributed by atoms with E-state index in [0.29, 0.717) is 11.2 Å². The van der Waals surface area contributed by atoms with Crippen molar-refractivity contribution in [1.29, 1.82) is 0 Å². The van der Waals surface area contributed by atoms with E-state index < -0.39 is 0 Å². The van der Waals surface area contributed by atoms with Gasteiger partial charge < -0.3 is 5.11 Å². The number of hydrogen-bond donors (Lipinski definition) is 1. The van der Waals surface area contributed by atoms with Gasteiger partial charge in [0, 0.05) is 10.00 Å². The van der Waals surface area contributed by atoms with Crippen LogP contribution in [0.3, 0.4) is 0 Å². The van der Waals surface area contributed by atoms with Gasteiger partial charge in [-0.2, -0.15) is 0 Å². The van der Waals surface area contributed by atoms with Crippen LogP contribution in [0.25, 0.3) is 0 Å². The molecule has 0 aromatic rings. The molecule has 1 N–H and O–H groups in total. The maximum absolute atomic E-state index is 9.85. The Hall–Kier alpha value is 0.660. The van der Waals surface area contributed by atoms with Gasteiger partial charge in [-0.05, 0) is 19.8 Å². The monoisotopic (exact) mass is 192 g/mol. The molecule has 0 saturated carbocycles. The third-order valence-corrected chi connectivity index (χ3v) is 6.09. The summed E-state index contributed by atoms with van der Waals surface area (Å²) in [5, 5.41) is 10.3. The Labute approximate surface area is 76.7 Å². The van der Waals surface area contributed by atoms with E-state index in [2.05, 4.69) is 27.7 Å². The van der Waals surface area contributed by atoms with Crippen LogP contribution in [0.2, 0.25) is 0 Å². The fourth-order valence-corrected chi connectivity index (χ4v) is 4.87. The molecule has 1 heterocycles. The van der Waals surface area contributed by atoms with Gasteiger partial charge in [-0.25, -0.2) is 0 Å². The minimum atomic E-state index is -0.155. The summed E-state index contributed by atoms with van der Waals surface area (Å²) in [7, 11) is 3.64. The zero-order valence-electron chi connectivity index (χ0n) is 7.50. The summed E-state index contributed by atoms with van der Waals surface area (Å²) in [6.45, 7) is 8.56. The summed E-state index contributed by atoms with van der Waals surface area (Å²) in [5.41, 5.74) is 0. The van der Waals surface area contributed by atoms with Crippen molar-refractivity contribution >= 4 is 21.6 Å². The average Bonchev–Trinajstić information content (AvgIpc) is 2.09. The summed E-state index contributed by atoms with van der Waals surface area (Å²) in [4.78, 5) is 0. The number of rotatable bonds is 1. The minimum absolute atomic E-state index is 0.0413. The largest absolute Gasteiger partial charge is 0.390 e. The molecule has 1 rings (SSSR count). The number of aliphatic hydroxyl groups is 1. The van der Waals surface area contributed by atoms with E-state index in [4.69, 9.17) is 0 Å². The Morgan fingerprint density at radius 2 is 1.91 bits per heavy atom. The lowest BCUT2D eigenvalue weighted by molar-refractivity contribution is 0.129. The standard InChI is InChI=1S/C8H16OS2/c1-5(2)6-7(9)8(3,4)11-10-6/h5-7,9H,1-4H3. The van der Waals surface area contributed by atoms with Crippen LogP contribution >= 0.6 is 21.6 Å². The van der Waals surface area contributed by atoms with Gasteiger partial charge in [0.25, 0.3) is 0 Å². The van der Waals surface area contributed by atoms with Gasteiger partial charge in [0.2, 0.25) is 0 Å². The molecule has 0 radical (unpaired) electrons. The van der Waals surface area contributed by atoms with Crippen molar-refractivity contribution in [3.63, 3.8) is 0 Å². The van der Waals surface area contributed by atoms with Gasteiger partial charge in [0.1, 0.15) is 0 Å². The van der Waals surface area contributed by atoms with E-state index in [1.165, 1.54) is 0 Å². The molecule has 1 fully saturated rings. The summed E-state index contributed by atoms with van der Waals surface area (Å²) in [6.07, 6.45) is -0.155. The van der Waals surface area contributed by atoms with Crippen molar-refractivity contribution in [2.75, 3.05) is 0 Å². The normalized spacial score (nSPS) is 36.5. The number of aliphatic hydroxyl groups excluding tert-OH is 1. The summed E-state index contributed by atoms with van der Waals surface area (Å²) >= 11 is 0. The van der Waals surface area contributed by atoms with Crippen molar-refractivity contribution < 1.29 is 5.11 Å². The fraction of sp³-hybridized carbons (Fsp3) is 1.00. The molecule has 1 nitrogen and oxygen atoms in total. The molecule has 11 heavy (non-hydrogen) atoms. The molecule has 66 valence electrons. The molecule has 1 saturated heterocycles. The lowest BCUT2D eigenvalue weighted by Crippen LogP contribution is -2.37. The Kier molecular flexibility index (Phi) is 2.83. The average molecular weight is 192 g/mol. The molecule has 0 spiro atoms. The van der Waals surface area contributed by atoms with Crippen LogP contribution in [0.5, 0.6) is 0 Å². The highest BCUT2D eigenvalue weighted by atomic mass is 33.1. The first-order valence-corrected chi connectivity index (χ1v) is 6.19.